The third-order valence-corrected chi connectivity index (χ3v) is 3.68. The average Bonchev–Trinajstić information content (AvgIpc) is 2.55. The number of hydrogen-bond acceptors (Lipinski definition) is 3. The number of hydrogen-bond donors (Lipinski definition) is 2. The fourth-order valence-electron chi connectivity index (χ4n) is 1.65. The maximum Gasteiger partial charge on any atom is 0.0854 e. The minimum atomic E-state index is -0.735. The molecule has 92 valence electrons. The molecule has 0 fully saturated rings. The molecule has 0 saturated carbocycles. The van der Waals surface area contributed by atoms with E-state index in [4.69, 9.17) is 0 Å². The van der Waals surface area contributed by atoms with Crippen LogP contribution in [0, 0.1) is 0 Å². The molecule has 0 saturated heterocycles. The highest BCUT2D eigenvalue weighted by Gasteiger charge is 2.20. The van der Waals surface area contributed by atoms with E-state index in [-0.39, 0.29) is 0 Å². The van der Waals surface area contributed by atoms with Crippen LogP contribution >= 0.6 is 15.9 Å². The number of nitrogens with zero attached hydrogens (tertiary/aromatic N) is 2. The molecule has 0 aliphatic heterocycles. The smallest absolute Gasteiger partial charge is 0.0854 e. The predicted molar refractivity (Wildman–Crippen MR) is 66.3 cm³/mol. The third-order valence-electron chi connectivity index (χ3n) is 2.77. The Kier molecular flexibility index (Phi) is 4.95. The lowest BCUT2D eigenvalue weighted by molar-refractivity contribution is 0.0170. The topological polar surface area (TPSA) is 58.3 Å². The molecular formula is C11H19BrN2O2. The average molecular weight is 291 g/mol. The highest BCUT2D eigenvalue weighted by molar-refractivity contribution is 9.10. The molecule has 0 aromatic carbocycles. The Hall–Kier alpha value is -0.390. The molecule has 0 aliphatic rings. The molecule has 0 spiro atoms. The van der Waals surface area contributed by atoms with Gasteiger partial charge in [0, 0.05) is 13.5 Å². The Morgan fingerprint density at radius 2 is 1.94 bits per heavy atom. The van der Waals surface area contributed by atoms with E-state index in [9.17, 15) is 10.2 Å². The summed E-state index contributed by atoms with van der Waals surface area (Å²) < 4.78 is 2.70. The summed E-state index contributed by atoms with van der Waals surface area (Å²) in [6, 6.07) is 0. The Bertz CT molecular complexity index is 352. The third kappa shape index (κ3) is 2.84. The lowest BCUT2D eigenvalue weighted by Crippen LogP contribution is -2.28. The summed E-state index contributed by atoms with van der Waals surface area (Å²) in [5, 5.41) is 23.7. The van der Waals surface area contributed by atoms with Gasteiger partial charge in [-0.25, -0.2) is 0 Å². The van der Waals surface area contributed by atoms with Gasteiger partial charge in [0.1, 0.15) is 0 Å². The van der Waals surface area contributed by atoms with Crippen molar-refractivity contribution < 1.29 is 10.2 Å². The van der Waals surface area contributed by atoms with Crippen LogP contribution in [-0.4, -0.2) is 32.2 Å². The van der Waals surface area contributed by atoms with E-state index < -0.39 is 12.2 Å². The van der Waals surface area contributed by atoms with Crippen molar-refractivity contribution >= 4 is 15.9 Å². The van der Waals surface area contributed by atoms with Crippen LogP contribution in [0.15, 0.2) is 4.47 Å². The van der Waals surface area contributed by atoms with Gasteiger partial charge < -0.3 is 10.2 Å². The van der Waals surface area contributed by atoms with Gasteiger partial charge in [-0.2, -0.15) is 5.10 Å². The van der Waals surface area contributed by atoms with Crippen molar-refractivity contribution in [3.8, 4) is 0 Å². The molecule has 4 nitrogen and oxygen atoms in total. The Balaban J connectivity index is 2.84. The van der Waals surface area contributed by atoms with Crippen molar-refractivity contribution in [1.82, 2.24) is 9.78 Å². The maximum absolute atomic E-state index is 9.79. The minimum absolute atomic E-state index is 0.416. The monoisotopic (exact) mass is 290 g/mol. The second-order valence-electron chi connectivity index (χ2n) is 3.93. The molecule has 1 rings (SSSR count). The zero-order valence-electron chi connectivity index (χ0n) is 9.94. The summed E-state index contributed by atoms with van der Waals surface area (Å²) in [6.45, 7) is 3.89. The maximum atomic E-state index is 9.79. The first-order valence-corrected chi connectivity index (χ1v) is 6.36. The molecule has 0 bridgehead atoms. The Labute approximate surface area is 104 Å². The van der Waals surface area contributed by atoms with Crippen molar-refractivity contribution in [3.63, 3.8) is 0 Å². The predicted octanol–water partition coefficient (Wildman–Crippen LogP) is 1.42. The fraction of sp³-hybridized carbons (Fsp3) is 0.727. The minimum Gasteiger partial charge on any atom is -0.390 e. The normalized spacial score (nSPS) is 15.1. The SMILES string of the molecule is CCc1nn(C)c(CC(O)C(O)CC)c1Br. The molecule has 2 N–H and O–H groups in total. The van der Waals surface area contributed by atoms with Gasteiger partial charge in [-0.3, -0.25) is 4.68 Å². The number of aliphatic hydroxyl groups excluding tert-OH is 2. The molecular weight excluding hydrogens is 272 g/mol. The largest absolute Gasteiger partial charge is 0.390 e. The van der Waals surface area contributed by atoms with E-state index >= 15 is 0 Å². The number of aryl methyl sites for hydroxylation is 2. The summed E-state index contributed by atoms with van der Waals surface area (Å²) in [4.78, 5) is 0. The van der Waals surface area contributed by atoms with Crippen molar-refractivity contribution in [2.24, 2.45) is 7.05 Å². The first kappa shape index (κ1) is 13.7. The van der Waals surface area contributed by atoms with E-state index in [2.05, 4.69) is 21.0 Å². The molecule has 0 radical (unpaired) electrons. The number of aliphatic hydroxyl groups is 2. The van der Waals surface area contributed by atoms with Gasteiger partial charge in [0.05, 0.1) is 28.1 Å². The van der Waals surface area contributed by atoms with Gasteiger partial charge in [-0.05, 0) is 28.8 Å². The van der Waals surface area contributed by atoms with E-state index in [0.717, 1.165) is 22.3 Å². The number of rotatable bonds is 5. The summed E-state index contributed by atoms with van der Waals surface area (Å²) in [5.41, 5.74) is 1.91. The van der Waals surface area contributed by atoms with Crippen LogP contribution in [0.25, 0.3) is 0 Å². The van der Waals surface area contributed by atoms with Crippen LogP contribution in [0.4, 0.5) is 0 Å². The van der Waals surface area contributed by atoms with Crippen LogP contribution in [0.3, 0.4) is 0 Å². The van der Waals surface area contributed by atoms with E-state index in [1.54, 1.807) is 4.68 Å². The molecule has 0 amide bonds. The van der Waals surface area contributed by atoms with Gasteiger partial charge in [0.2, 0.25) is 0 Å². The molecule has 1 aromatic heterocycles. The van der Waals surface area contributed by atoms with Crippen molar-refractivity contribution in [2.75, 3.05) is 0 Å². The van der Waals surface area contributed by atoms with Gasteiger partial charge in [-0.15, -0.1) is 0 Å². The molecule has 1 heterocycles. The fourth-order valence-corrected chi connectivity index (χ4v) is 2.43. The molecule has 0 aliphatic carbocycles. The summed E-state index contributed by atoms with van der Waals surface area (Å²) in [5.74, 6) is 0. The van der Waals surface area contributed by atoms with Crippen molar-refractivity contribution in [2.45, 2.75) is 45.3 Å². The second kappa shape index (κ2) is 5.80. The number of aromatic nitrogens is 2. The summed E-state index contributed by atoms with van der Waals surface area (Å²) >= 11 is 3.49. The number of halogens is 1. The quantitative estimate of drug-likeness (QED) is 0.862. The zero-order chi connectivity index (χ0) is 12.3. The summed E-state index contributed by atoms with van der Waals surface area (Å²) in [6.07, 6.45) is 0.408. The second-order valence-corrected chi connectivity index (χ2v) is 4.72. The molecule has 5 heteroatoms. The van der Waals surface area contributed by atoms with Gasteiger partial charge in [0.15, 0.2) is 0 Å². The van der Waals surface area contributed by atoms with E-state index in [0.29, 0.717) is 12.8 Å². The first-order valence-electron chi connectivity index (χ1n) is 5.57. The van der Waals surface area contributed by atoms with E-state index in [1.165, 1.54) is 0 Å². The lowest BCUT2D eigenvalue weighted by Gasteiger charge is -2.16. The molecule has 2 atom stereocenters. The van der Waals surface area contributed by atoms with Crippen LogP contribution in [0.5, 0.6) is 0 Å². The van der Waals surface area contributed by atoms with Gasteiger partial charge in [-0.1, -0.05) is 13.8 Å². The van der Waals surface area contributed by atoms with Gasteiger partial charge in [0.25, 0.3) is 0 Å². The van der Waals surface area contributed by atoms with Crippen molar-refractivity contribution in [1.29, 1.82) is 0 Å². The molecule has 1 aromatic rings. The highest BCUT2D eigenvalue weighted by atomic mass is 79.9. The van der Waals surface area contributed by atoms with E-state index in [1.807, 2.05) is 20.9 Å². The van der Waals surface area contributed by atoms with Crippen LogP contribution < -0.4 is 0 Å². The van der Waals surface area contributed by atoms with Crippen molar-refractivity contribution in [3.05, 3.63) is 15.9 Å². The first-order chi connectivity index (χ1) is 7.51. The Morgan fingerprint density at radius 3 is 2.38 bits per heavy atom. The molecule has 2 unspecified atom stereocenters. The highest BCUT2D eigenvalue weighted by Crippen LogP contribution is 2.23. The summed E-state index contributed by atoms with van der Waals surface area (Å²) in [7, 11) is 1.85. The standard InChI is InChI=1S/C11H19BrN2O2/c1-4-7-11(12)8(14(3)13-7)6-10(16)9(15)5-2/h9-10,15-16H,4-6H2,1-3H3. The van der Waals surface area contributed by atoms with Crippen LogP contribution in [0.2, 0.25) is 0 Å². The zero-order valence-corrected chi connectivity index (χ0v) is 11.5. The Morgan fingerprint density at radius 1 is 1.31 bits per heavy atom. The van der Waals surface area contributed by atoms with Gasteiger partial charge >= 0.3 is 0 Å². The van der Waals surface area contributed by atoms with Crippen LogP contribution in [0.1, 0.15) is 31.7 Å². The molecule has 16 heavy (non-hydrogen) atoms. The lowest BCUT2D eigenvalue weighted by atomic mass is 10.1. The van der Waals surface area contributed by atoms with Crippen LogP contribution in [-0.2, 0) is 19.9 Å².